The molecule has 8 nitrogen and oxygen atoms in total. The van der Waals surface area contributed by atoms with Crippen molar-refractivity contribution >= 4 is 45.0 Å². The third kappa shape index (κ3) is 6.57. The van der Waals surface area contributed by atoms with Gasteiger partial charge in [0.25, 0.3) is 0 Å². The molecule has 1 fully saturated rings. The number of piperidine rings is 1. The molecule has 0 unspecified atom stereocenters. The van der Waals surface area contributed by atoms with E-state index >= 15 is 0 Å². The van der Waals surface area contributed by atoms with Crippen molar-refractivity contribution in [3.63, 3.8) is 0 Å². The van der Waals surface area contributed by atoms with Gasteiger partial charge < -0.3 is 5.32 Å². The summed E-state index contributed by atoms with van der Waals surface area (Å²) in [6.07, 6.45) is 2.69. The number of halogens is 1. The smallest absolute Gasteiger partial charge is 0.245 e. The highest BCUT2D eigenvalue weighted by molar-refractivity contribution is 7.99. The number of thioether (sulfide) groups is 1. The third-order valence-corrected chi connectivity index (χ3v) is 10.3. The van der Waals surface area contributed by atoms with E-state index in [9.17, 15) is 13.2 Å². The zero-order valence-corrected chi connectivity index (χ0v) is 26.3. The molecule has 0 aliphatic carbocycles. The van der Waals surface area contributed by atoms with Gasteiger partial charge in [0.1, 0.15) is 4.90 Å². The number of amides is 1. The number of carbonyl (C=O) groups is 1. The topological polar surface area (TPSA) is 97.2 Å². The number of carbonyl (C=O) groups excluding carboxylic acids is 1. The van der Waals surface area contributed by atoms with E-state index in [1.54, 1.807) is 18.2 Å². The Morgan fingerprint density at radius 2 is 1.71 bits per heavy atom. The van der Waals surface area contributed by atoms with Crippen LogP contribution in [0.1, 0.15) is 50.2 Å². The molecule has 0 saturated carbocycles. The van der Waals surface area contributed by atoms with Gasteiger partial charge in [0.15, 0.2) is 11.0 Å². The lowest BCUT2D eigenvalue weighted by Crippen LogP contribution is -2.36. The van der Waals surface area contributed by atoms with Crippen LogP contribution in [0.4, 0.5) is 5.69 Å². The lowest BCUT2D eigenvalue weighted by molar-refractivity contribution is -0.113. The highest BCUT2D eigenvalue weighted by atomic mass is 35.5. The number of sulfonamides is 1. The van der Waals surface area contributed by atoms with Crippen molar-refractivity contribution in [2.45, 2.75) is 56.0 Å². The highest BCUT2D eigenvalue weighted by Gasteiger charge is 2.29. The maximum absolute atomic E-state index is 13.5. The summed E-state index contributed by atoms with van der Waals surface area (Å²) >= 11 is 7.38. The van der Waals surface area contributed by atoms with Crippen molar-refractivity contribution in [2.75, 3.05) is 24.2 Å². The van der Waals surface area contributed by atoms with Crippen LogP contribution in [0.2, 0.25) is 5.02 Å². The maximum Gasteiger partial charge on any atom is 0.245 e. The monoisotopic (exact) mass is 623 g/mol. The fraction of sp³-hybridized carbons (Fsp3) is 0.323. The Bertz CT molecular complexity index is 1680. The van der Waals surface area contributed by atoms with E-state index in [-0.39, 0.29) is 28.2 Å². The highest BCUT2D eigenvalue weighted by Crippen LogP contribution is 2.33. The number of nitrogens with one attached hydrogen (secondary N) is 1. The molecule has 0 spiro atoms. The quantitative estimate of drug-likeness (QED) is 0.203. The molecule has 5 rings (SSSR count). The number of hydrogen-bond acceptors (Lipinski definition) is 6. The summed E-state index contributed by atoms with van der Waals surface area (Å²) in [6.45, 7) is 7.08. The summed E-state index contributed by atoms with van der Waals surface area (Å²) in [4.78, 5) is 13.4. The largest absolute Gasteiger partial charge is 0.324 e. The molecule has 11 heteroatoms. The van der Waals surface area contributed by atoms with E-state index in [1.807, 2.05) is 54.0 Å². The molecule has 1 aliphatic heterocycles. The summed E-state index contributed by atoms with van der Waals surface area (Å²) in [5.74, 6) is 0.555. The summed E-state index contributed by atoms with van der Waals surface area (Å²) in [5, 5.41) is 13.0. The van der Waals surface area contributed by atoms with Gasteiger partial charge in [0.2, 0.25) is 15.9 Å². The maximum atomic E-state index is 13.5. The minimum absolute atomic E-state index is 0.0136. The lowest BCUT2D eigenvalue weighted by atomic mass is 10.0. The fourth-order valence-electron chi connectivity index (χ4n) is 5.05. The van der Waals surface area contributed by atoms with E-state index in [0.717, 1.165) is 41.6 Å². The first-order valence-corrected chi connectivity index (χ1v) is 16.8. The average molecular weight is 624 g/mol. The number of nitrogens with zero attached hydrogens (tertiary/aromatic N) is 4. The third-order valence-electron chi connectivity index (χ3n) is 7.21. The summed E-state index contributed by atoms with van der Waals surface area (Å²) < 4.78 is 30.5. The van der Waals surface area contributed by atoms with E-state index in [1.165, 1.54) is 16.1 Å². The van der Waals surface area contributed by atoms with Crippen LogP contribution in [0, 0.1) is 6.92 Å². The second kappa shape index (κ2) is 13.0. The van der Waals surface area contributed by atoms with E-state index in [2.05, 4.69) is 35.4 Å². The minimum Gasteiger partial charge on any atom is -0.324 e. The zero-order valence-electron chi connectivity index (χ0n) is 23.9. The van der Waals surface area contributed by atoms with Crippen molar-refractivity contribution in [1.29, 1.82) is 0 Å². The SMILES string of the molecule is Cc1ccc(NC(=O)CSc2nnc(-c3ccc(Cl)cc3)n2-c2ccccc2C(C)C)c(S(=O)(=O)N2CCCCC2)c1. The summed E-state index contributed by atoms with van der Waals surface area (Å²) in [5.41, 5.74) is 3.98. The van der Waals surface area contributed by atoms with Crippen molar-refractivity contribution in [3.8, 4) is 17.1 Å². The van der Waals surface area contributed by atoms with Crippen molar-refractivity contribution in [2.24, 2.45) is 0 Å². The van der Waals surface area contributed by atoms with Crippen molar-refractivity contribution in [3.05, 3.63) is 82.9 Å². The molecule has 0 bridgehead atoms. The van der Waals surface area contributed by atoms with Crippen LogP contribution < -0.4 is 5.32 Å². The summed E-state index contributed by atoms with van der Waals surface area (Å²) in [6, 6.07) is 20.6. The van der Waals surface area contributed by atoms with Gasteiger partial charge in [-0.25, -0.2) is 8.42 Å². The molecule has 1 aromatic heterocycles. The number of anilines is 1. The van der Waals surface area contributed by atoms with Gasteiger partial charge in [-0.05, 0) is 79.3 Å². The number of aromatic nitrogens is 3. The molecule has 1 N–H and O–H groups in total. The predicted octanol–water partition coefficient (Wildman–Crippen LogP) is 6.92. The molecule has 2 heterocycles. The molecular weight excluding hydrogens is 590 g/mol. The van der Waals surface area contributed by atoms with Crippen LogP contribution in [-0.4, -0.2) is 52.2 Å². The number of hydrogen-bond donors (Lipinski definition) is 1. The molecule has 3 aromatic carbocycles. The second-order valence-electron chi connectivity index (χ2n) is 10.7. The molecule has 1 saturated heterocycles. The van der Waals surface area contributed by atoms with Crippen LogP contribution in [0.25, 0.3) is 17.1 Å². The van der Waals surface area contributed by atoms with Gasteiger partial charge in [0, 0.05) is 23.7 Å². The second-order valence-corrected chi connectivity index (χ2v) is 13.9. The van der Waals surface area contributed by atoms with Gasteiger partial charge in [-0.3, -0.25) is 9.36 Å². The number of benzene rings is 3. The lowest BCUT2D eigenvalue weighted by Gasteiger charge is -2.27. The molecular formula is C31H34ClN5O3S2. The Morgan fingerprint density at radius 1 is 1.00 bits per heavy atom. The molecule has 4 aromatic rings. The number of aryl methyl sites for hydroxylation is 1. The van der Waals surface area contributed by atoms with Crippen LogP contribution >= 0.6 is 23.4 Å². The Morgan fingerprint density at radius 3 is 2.43 bits per heavy atom. The predicted molar refractivity (Wildman–Crippen MR) is 169 cm³/mol. The minimum atomic E-state index is -3.74. The van der Waals surface area contributed by atoms with E-state index in [0.29, 0.717) is 29.1 Å². The zero-order chi connectivity index (χ0) is 29.9. The normalized spacial score (nSPS) is 14.3. The number of para-hydroxylation sites is 1. The van der Waals surface area contributed by atoms with Crippen LogP contribution in [0.15, 0.2) is 76.8 Å². The van der Waals surface area contributed by atoms with Crippen LogP contribution in [0.3, 0.4) is 0 Å². The van der Waals surface area contributed by atoms with Gasteiger partial charge in [-0.2, -0.15) is 4.31 Å². The van der Waals surface area contributed by atoms with Crippen molar-refractivity contribution < 1.29 is 13.2 Å². The molecule has 0 radical (unpaired) electrons. The van der Waals surface area contributed by atoms with Crippen molar-refractivity contribution in [1.82, 2.24) is 19.1 Å². The van der Waals surface area contributed by atoms with E-state index in [4.69, 9.17) is 11.6 Å². The number of rotatable bonds is 9. The molecule has 0 atom stereocenters. The standard InChI is InChI=1S/C31H34ClN5O3S2/c1-21(2)25-9-5-6-10-27(25)37-30(23-12-14-24(32)15-13-23)34-35-31(37)41-20-29(38)33-26-16-11-22(3)19-28(26)42(39,40)36-17-7-4-8-18-36/h5-6,9-16,19,21H,4,7-8,17-18,20H2,1-3H3,(H,33,38). The molecule has 42 heavy (non-hydrogen) atoms. The fourth-order valence-corrected chi connectivity index (χ4v) is 7.67. The van der Waals surface area contributed by atoms with Crippen LogP contribution in [-0.2, 0) is 14.8 Å². The van der Waals surface area contributed by atoms with Gasteiger partial charge in [-0.1, -0.05) is 67.9 Å². The summed E-state index contributed by atoms with van der Waals surface area (Å²) in [7, 11) is -3.74. The Labute approximate surface area is 256 Å². The van der Waals surface area contributed by atoms with Gasteiger partial charge in [0.05, 0.1) is 17.1 Å². The van der Waals surface area contributed by atoms with Gasteiger partial charge in [-0.15, -0.1) is 10.2 Å². The van der Waals surface area contributed by atoms with Gasteiger partial charge >= 0.3 is 0 Å². The molecule has 1 amide bonds. The molecule has 220 valence electrons. The molecule has 1 aliphatic rings. The first kappa shape index (κ1) is 30.3. The van der Waals surface area contributed by atoms with Crippen LogP contribution in [0.5, 0.6) is 0 Å². The van der Waals surface area contributed by atoms with E-state index < -0.39 is 10.0 Å². The first-order valence-electron chi connectivity index (χ1n) is 14.0. The Balaban J connectivity index is 1.43. The first-order chi connectivity index (χ1) is 20.1. The Hall–Kier alpha value is -3.18. The Kier molecular flexibility index (Phi) is 9.37. The average Bonchev–Trinajstić information content (AvgIpc) is 3.41.